The minimum Gasteiger partial charge on any atom is -0.352 e. The van der Waals surface area contributed by atoms with Crippen LogP contribution in [0.1, 0.15) is 16.8 Å². The Balaban J connectivity index is 1.59. The summed E-state index contributed by atoms with van der Waals surface area (Å²) in [6.07, 6.45) is 2.02. The molecule has 5 nitrogen and oxygen atoms in total. The Bertz CT molecular complexity index is 956. The topological polar surface area (TPSA) is 63.5 Å². The molecule has 1 aromatic heterocycles. The average molecular weight is 339 g/mol. The second-order valence-electron chi connectivity index (χ2n) is 5.37. The van der Waals surface area contributed by atoms with Crippen LogP contribution in [0.15, 0.2) is 59.0 Å². The van der Waals surface area contributed by atoms with Gasteiger partial charge in [0.1, 0.15) is 0 Å². The summed E-state index contributed by atoms with van der Waals surface area (Å²) in [4.78, 5) is 28.7. The fraction of sp³-hybridized carbons (Fsp3) is 0.167. The summed E-state index contributed by atoms with van der Waals surface area (Å²) >= 11 is 1.40. The van der Waals surface area contributed by atoms with Crippen LogP contribution in [0.5, 0.6) is 0 Å². The second kappa shape index (κ2) is 7.23. The molecule has 0 aliphatic rings. The first-order chi connectivity index (χ1) is 11.6. The summed E-state index contributed by atoms with van der Waals surface area (Å²) in [5.41, 5.74) is 0.586. The van der Waals surface area contributed by atoms with Crippen molar-refractivity contribution < 1.29 is 9.59 Å². The van der Waals surface area contributed by atoms with E-state index in [2.05, 4.69) is 10.3 Å². The fourth-order valence-corrected chi connectivity index (χ4v) is 3.06. The van der Waals surface area contributed by atoms with E-state index in [1.54, 1.807) is 10.6 Å². The standard InChI is InChI=1S/C18H17N3O2S/c1-21-10-11-24-18(21)20-16(22)8-9-19-17(23)15-7-6-13-4-2-3-5-14(13)12-15/h2-7,10-12H,8-9H2,1H3,(H,19,23). The molecule has 1 heterocycles. The quantitative estimate of drug-likeness (QED) is 0.794. The van der Waals surface area contributed by atoms with Gasteiger partial charge < -0.3 is 9.88 Å². The molecule has 3 rings (SSSR count). The number of aromatic nitrogens is 1. The maximum atomic E-state index is 12.2. The van der Waals surface area contributed by atoms with Gasteiger partial charge in [0.15, 0.2) is 4.80 Å². The maximum Gasteiger partial charge on any atom is 0.251 e. The highest BCUT2D eigenvalue weighted by Crippen LogP contribution is 2.15. The van der Waals surface area contributed by atoms with Crippen LogP contribution in [-0.4, -0.2) is 22.9 Å². The van der Waals surface area contributed by atoms with Crippen LogP contribution < -0.4 is 10.1 Å². The molecule has 0 bridgehead atoms. The van der Waals surface area contributed by atoms with Gasteiger partial charge in [-0.1, -0.05) is 30.3 Å². The zero-order valence-electron chi connectivity index (χ0n) is 13.2. The van der Waals surface area contributed by atoms with Crippen molar-refractivity contribution in [3.63, 3.8) is 0 Å². The number of benzene rings is 2. The van der Waals surface area contributed by atoms with E-state index in [0.29, 0.717) is 10.4 Å². The number of amides is 2. The third kappa shape index (κ3) is 3.78. The zero-order chi connectivity index (χ0) is 16.9. The molecule has 0 fully saturated rings. The SMILES string of the molecule is Cn1ccsc1=NC(=O)CCNC(=O)c1ccc2ccccc2c1. The van der Waals surface area contributed by atoms with Gasteiger partial charge >= 0.3 is 0 Å². The van der Waals surface area contributed by atoms with Crippen molar-refractivity contribution in [3.8, 4) is 0 Å². The number of nitrogens with one attached hydrogen (secondary N) is 1. The number of nitrogens with zero attached hydrogens (tertiary/aromatic N) is 2. The van der Waals surface area contributed by atoms with Gasteiger partial charge in [0.25, 0.3) is 5.91 Å². The first kappa shape index (κ1) is 16.1. The van der Waals surface area contributed by atoms with Gasteiger partial charge in [-0.05, 0) is 22.9 Å². The molecule has 0 unspecified atom stereocenters. The van der Waals surface area contributed by atoms with E-state index in [9.17, 15) is 9.59 Å². The number of hydrogen-bond donors (Lipinski definition) is 1. The Morgan fingerprint density at radius 2 is 1.96 bits per heavy atom. The van der Waals surface area contributed by atoms with Crippen molar-refractivity contribution in [2.45, 2.75) is 6.42 Å². The van der Waals surface area contributed by atoms with Crippen LogP contribution in [0.3, 0.4) is 0 Å². The number of aryl methyl sites for hydroxylation is 1. The molecular formula is C18H17N3O2S. The number of fused-ring (bicyclic) bond motifs is 1. The highest BCUT2D eigenvalue weighted by molar-refractivity contribution is 7.07. The van der Waals surface area contributed by atoms with Gasteiger partial charge in [0.05, 0.1) is 0 Å². The smallest absolute Gasteiger partial charge is 0.251 e. The average Bonchev–Trinajstić information content (AvgIpc) is 2.99. The van der Waals surface area contributed by atoms with Crippen molar-refractivity contribution in [1.29, 1.82) is 0 Å². The number of carbonyl (C=O) groups is 2. The molecule has 122 valence electrons. The van der Waals surface area contributed by atoms with Gasteiger partial charge in [-0.2, -0.15) is 4.99 Å². The van der Waals surface area contributed by atoms with E-state index in [1.165, 1.54) is 11.3 Å². The lowest BCUT2D eigenvalue weighted by Crippen LogP contribution is -2.26. The van der Waals surface area contributed by atoms with E-state index in [4.69, 9.17) is 0 Å². The van der Waals surface area contributed by atoms with E-state index in [1.807, 2.05) is 55.0 Å². The van der Waals surface area contributed by atoms with Crippen molar-refractivity contribution in [1.82, 2.24) is 9.88 Å². The molecule has 2 aromatic carbocycles. The summed E-state index contributed by atoms with van der Waals surface area (Å²) in [6, 6.07) is 13.4. The lowest BCUT2D eigenvalue weighted by Gasteiger charge is -2.05. The van der Waals surface area contributed by atoms with Gasteiger partial charge in [-0.15, -0.1) is 11.3 Å². The third-order valence-corrected chi connectivity index (χ3v) is 4.46. The normalized spacial score (nSPS) is 11.6. The minimum absolute atomic E-state index is 0.178. The second-order valence-corrected chi connectivity index (χ2v) is 6.24. The van der Waals surface area contributed by atoms with E-state index < -0.39 is 0 Å². The number of thiazole rings is 1. The molecule has 6 heteroatoms. The molecule has 1 N–H and O–H groups in total. The number of carbonyl (C=O) groups excluding carboxylic acids is 2. The predicted molar refractivity (Wildman–Crippen MR) is 94.8 cm³/mol. The van der Waals surface area contributed by atoms with Gasteiger partial charge in [0, 0.05) is 37.2 Å². The Hall–Kier alpha value is -2.73. The van der Waals surface area contributed by atoms with Crippen LogP contribution >= 0.6 is 11.3 Å². The Kier molecular flexibility index (Phi) is 4.86. The molecular weight excluding hydrogens is 322 g/mol. The summed E-state index contributed by atoms with van der Waals surface area (Å²) in [7, 11) is 1.84. The Morgan fingerprint density at radius 3 is 2.71 bits per heavy atom. The lowest BCUT2D eigenvalue weighted by molar-refractivity contribution is -0.117. The highest BCUT2D eigenvalue weighted by atomic mass is 32.1. The molecule has 0 aliphatic carbocycles. The summed E-state index contributed by atoms with van der Waals surface area (Å²) in [5.74, 6) is -0.429. The Morgan fingerprint density at radius 1 is 1.17 bits per heavy atom. The van der Waals surface area contributed by atoms with Crippen molar-refractivity contribution in [3.05, 3.63) is 64.4 Å². The van der Waals surface area contributed by atoms with Crippen molar-refractivity contribution >= 4 is 33.9 Å². The molecule has 2 amide bonds. The van der Waals surface area contributed by atoms with E-state index in [-0.39, 0.29) is 24.8 Å². The third-order valence-electron chi connectivity index (χ3n) is 3.62. The molecule has 3 aromatic rings. The molecule has 0 saturated carbocycles. The predicted octanol–water partition coefficient (Wildman–Crippen LogP) is 2.49. The first-order valence-electron chi connectivity index (χ1n) is 7.58. The molecule has 0 spiro atoms. The van der Waals surface area contributed by atoms with Gasteiger partial charge in [-0.25, -0.2) is 0 Å². The number of rotatable bonds is 4. The summed E-state index contributed by atoms with van der Waals surface area (Å²) in [5, 5.41) is 6.74. The van der Waals surface area contributed by atoms with Crippen LogP contribution in [-0.2, 0) is 11.8 Å². The molecule has 0 radical (unpaired) electrons. The van der Waals surface area contributed by atoms with E-state index >= 15 is 0 Å². The van der Waals surface area contributed by atoms with Gasteiger partial charge in [-0.3, -0.25) is 9.59 Å². The lowest BCUT2D eigenvalue weighted by atomic mass is 10.1. The molecule has 0 atom stereocenters. The molecule has 24 heavy (non-hydrogen) atoms. The van der Waals surface area contributed by atoms with Gasteiger partial charge in [0.2, 0.25) is 5.91 Å². The Labute approximate surface area is 143 Å². The highest BCUT2D eigenvalue weighted by Gasteiger charge is 2.07. The first-order valence-corrected chi connectivity index (χ1v) is 8.46. The summed E-state index contributed by atoms with van der Waals surface area (Å²) < 4.78 is 1.79. The fourth-order valence-electron chi connectivity index (χ4n) is 2.31. The zero-order valence-corrected chi connectivity index (χ0v) is 14.0. The van der Waals surface area contributed by atoms with Crippen LogP contribution in [0.2, 0.25) is 0 Å². The van der Waals surface area contributed by atoms with Crippen molar-refractivity contribution in [2.24, 2.45) is 12.0 Å². The van der Waals surface area contributed by atoms with Crippen LogP contribution in [0.4, 0.5) is 0 Å². The number of hydrogen-bond acceptors (Lipinski definition) is 3. The minimum atomic E-state index is -0.244. The largest absolute Gasteiger partial charge is 0.352 e. The molecule has 0 aliphatic heterocycles. The maximum absolute atomic E-state index is 12.2. The monoisotopic (exact) mass is 339 g/mol. The van der Waals surface area contributed by atoms with Crippen LogP contribution in [0.25, 0.3) is 10.8 Å². The van der Waals surface area contributed by atoms with Crippen LogP contribution in [0, 0.1) is 0 Å². The molecule has 0 saturated heterocycles. The van der Waals surface area contributed by atoms with Crippen molar-refractivity contribution in [2.75, 3.05) is 6.54 Å². The summed E-state index contributed by atoms with van der Waals surface area (Å²) in [6.45, 7) is 0.267. The van der Waals surface area contributed by atoms with E-state index in [0.717, 1.165) is 10.8 Å².